The van der Waals surface area contributed by atoms with E-state index in [1.165, 1.54) is 11.3 Å². The molecule has 1 atom stereocenters. The van der Waals surface area contributed by atoms with Gasteiger partial charge in [0.25, 0.3) is 0 Å². The van der Waals surface area contributed by atoms with Crippen LogP contribution in [0, 0.1) is 0 Å². The third-order valence-electron chi connectivity index (χ3n) is 6.03. The number of hydrogen-bond donors (Lipinski definition) is 1. The van der Waals surface area contributed by atoms with Gasteiger partial charge in [0.2, 0.25) is 11.8 Å². The number of nitrogens with one attached hydrogen (secondary N) is 1. The van der Waals surface area contributed by atoms with Gasteiger partial charge >= 0.3 is 0 Å². The fraction of sp³-hybridized carbons (Fsp3) is 0.280. The van der Waals surface area contributed by atoms with E-state index in [-0.39, 0.29) is 24.4 Å². The third kappa shape index (κ3) is 4.52. The van der Waals surface area contributed by atoms with Gasteiger partial charge in [0.1, 0.15) is 18.1 Å². The molecule has 8 heteroatoms. The number of rotatable bonds is 7. The predicted octanol–water partition coefficient (Wildman–Crippen LogP) is 4.33. The van der Waals surface area contributed by atoms with Gasteiger partial charge in [-0.2, -0.15) is 0 Å². The summed E-state index contributed by atoms with van der Waals surface area (Å²) in [6, 6.07) is 20.1. The maximum Gasteiger partial charge on any atom is 0.249 e. The van der Waals surface area contributed by atoms with Crippen LogP contribution in [0.2, 0.25) is 0 Å². The van der Waals surface area contributed by atoms with Crippen molar-refractivity contribution in [2.75, 3.05) is 4.90 Å². The lowest BCUT2D eigenvalue weighted by atomic mass is 10.1. The van der Waals surface area contributed by atoms with Gasteiger partial charge < -0.3 is 5.32 Å². The third-order valence-corrected chi connectivity index (χ3v) is 6.95. The number of carbonyl (C=O) groups excluding carboxylic acids is 2. The second kappa shape index (κ2) is 9.54. The second-order valence-electron chi connectivity index (χ2n) is 8.24. The molecule has 0 bridgehead atoms. The molecule has 5 rings (SSSR count). The zero-order valence-corrected chi connectivity index (χ0v) is 18.9. The minimum absolute atomic E-state index is 0.0198. The monoisotopic (exact) mass is 459 g/mol. The average Bonchev–Trinajstić information content (AvgIpc) is 3.61. The second-order valence-corrected chi connectivity index (χ2v) is 9.22. The van der Waals surface area contributed by atoms with E-state index in [1.807, 2.05) is 72.1 Å². The van der Waals surface area contributed by atoms with E-state index in [1.54, 1.807) is 9.58 Å². The summed E-state index contributed by atoms with van der Waals surface area (Å²) in [5.74, 6) is -0.373. The normalized spacial score (nSPS) is 14.9. The van der Waals surface area contributed by atoms with Crippen molar-refractivity contribution in [3.05, 3.63) is 77.0 Å². The zero-order valence-electron chi connectivity index (χ0n) is 18.1. The van der Waals surface area contributed by atoms with E-state index in [2.05, 4.69) is 15.6 Å². The number of carbonyl (C=O) groups is 2. The van der Waals surface area contributed by atoms with Crippen molar-refractivity contribution in [2.45, 2.75) is 44.3 Å². The van der Waals surface area contributed by atoms with Gasteiger partial charge in [-0.25, -0.2) is 4.68 Å². The van der Waals surface area contributed by atoms with Gasteiger partial charge in [-0.05, 0) is 48.6 Å². The first-order valence-corrected chi connectivity index (χ1v) is 12.1. The lowest BCUT2D eigenvalue weighted by Crippen LogP contribution is -2.47. The van der Waals surface area contributed by atoms with Crippen LogP contribution in [0.15, 0.2) is 72.1 Å². The summed E-state index contributed by atoms with van der Waals surface area (Å²) in [5.41, 5.74) is 2.18. The first kappa shape index (κ1) is 21.3. The highest BCUT2D eigenvalue weighted by Gasteiger charge is 2.35. The number of nitrogens with zero attached hydrogens (tertiary/aromatic N) is 4. The van der Waals surface area contributed by atoms with Crippen LogP contribution in [-0.2, 0) is 16.1 Å². The van der Waals surface area contributed by atoms with Gasteiger partial charge in [-0.3, -0.25) is 14.5 Å². The van der Waals surface area contributed by atoms with Gasteiger partial charge in [-0.1, -0.05) is 54.5 Å². The Bertz CT molecular complexity index is 1230. The Balaban J connectivity index is 1.52. The molecule has 7 nitrogen and oxygen atoms in total. The average molecular weight is 460 g/mol. The molecule has 1 N–H and O–H groups in total. The van der Waals surface area contributed by atoms with E-state index in [4.69, 9.17) is 0 Å². The highest BCUT2D eigenvalue weighted by molar-refractivity contribution is 7.10. The van der Waals surface area contributed by atoms with Crippen LogP contribution >= 0.6 is 11.3 Å². The summed E-state index contributed by atoms with van der Waals surface area (Å²) >= 11 is 1.48. The maximum absolute atomic E-state index is 13.8. The molecule has 1 fully saturated rings. The van der Waals surface area contributed by atoms with E-state index in [0.717, 1.165) is 41.6 Å². The molecular formula is C25H25N5O2S. The van der Waals surface area contributed by atoms with Crippen LogP contribution in [0.5, 0.6) is 0 Å². The number of fused-ring (bicyclic) bond motifs is 1. The molecule has 168 valence electrons. The SMILES string of the molecule is O=C(NC1CCCC1)C(c1cccs1)N(C(=O)Cn1nnc2ccccc21)c1ccccc1. The Morgan fingerprint density at radius 2 is 1.79 bits per heavy atom. The van der Waals surface area contributed by atoms with Crippen molar-refractivity contribution in [2.24, 2.45) is 0 Å². The minimum Gasteiger partial charge on any atom is -0.351 e. The van der Waals surface area contributed by atoms with Crippen LogP contribution in [-0.4, -0.2) is 32.9 Å². The van der Waals surface area contributed by atoms with Crippen molar-refractivity contribution in [1.82, 2.24) is 20.3 Å². The Labute approximate surface area is 196 Å². The Morgan fingerprint density at radius 3 is 2.55 bits per heavy atom. The standard InChI is InChI=1S/C25H25N5O2S/c31-23(17-29-21-14-7-6-13-20(21)27-28-29)30(19-11-2-1-3-12-19)24(22-15-8-16-33-22)25(32)26-18-9-4-5-10-18/h1-3,6-8,11-16,18,24H,4-5,9-10,17H2,(H,26,32). The van der Waals surface area contributed by atoms with Gasteiger partial charge in [-0.15, -0.1) is 16.4 Å². The highest BCUT2D eigenvalue weighted by Crippen LogP contribution is 2.32. The smallest absolute Gasteiger partial charge is 0.249 e. The molecule has 1 unspecified atom stereocenters. The number of anilines is 1. The number of hydrogen-bond acceptors (Lipinski definition) is 5. The molecular weight excluding hydrogens is 434 g/mol. The number of benzene rings is 2. The van der Waals surface area contributed by atoms with Crippen molar-refractivity contribution in [3.63, 3.8) is 0 Å². The molecule has 1 saturated carbocycles. The number of thiophene rings is 1. The Morgan fingerprint density at radius 1 is 1.03 bits per heavy atom. The maximum atomic E-state index is 13.8. The fourth-order valence-corrected chi connectivity index (χ4v) is 5.25. The highest BCUT2D eigenvalue weighted by atomic mass is 32.1. The van der Waals surface area contributed by atoms with E-state index < -0.39 is 6.04 Å². The summed E-state index contributed by atoms with van der Waals surface area (Å²) in [6.07, 6.45) is 4.20. The first-order chi connectivity index (χ1) is 16.2. The lowest BCUT2D eigenvalue weighted by Gasteiger charge is -2.31. The fourth-order valence-electron chi connectivity index (χ4n) is 4.43. The van der Waals surface area contributed by atoms with Crippen LogP contribution in [0.1, 0.15) is 36.6 Å². The molecule has 2 aromatic heterocycles. The summed E-state index contributed by atoms with van der Waals surface area (Å²) in [5, 5.41) is 13.5. The number of aromatic nitrogens is 3. The van der Waals surface area contributed by atoms with Crippen LogP contribution in [0.4, 0.5) is 5.69 Å². The molecule has 2 amide bonds. The minimum atomic E-state index is -0.754. The summed E-state index contributed by atoms with van der Waals surface area (Å²) in [6.45, 7) is -0.0198. The molecule has 4 aromatic rings. The molecule has 0 saturated heterocycles. The summed E-state index contributed by atoms with van der Waals surface area (Å²) in [7, 11) is 0. The van der Waals surface area contributed by atoms with Crippen LogP contribution in [0.3, 0.4) is 0 Å². The van der Waals surface area contributed by atoms with Gasteiger partial charge in [0.05, 0.1) is 5.52 Å². The zero-order chi connectivity index (χ0) is 22.6. The molecule has 0 radical (unpaired) electrons. The van der Waals surface area contributed by atoms with Crippen molar-refractivity contribution < 1.29 is 9.59 Å². The summed E-state index contributed by atoms with van der Waals surface area (Å²) < 4.78 is 1.59. The molecule has 0 spiro atoms. The topological polar surface area (TPSA) is 80.1 Å². The molecule has 1 aliphatic carbocycles. The van der Waals surface area contributed by atoms with Crippen molar-refractivity contribution in [1.29, 1.82) is 0 Å². The van der Waals surface area contributed by atoms with E-state index in [0.29, 0.717) is 5.69 Å². The van der Waals surface area contributed by atoms with Crippen molar-refractivity contribution in [3.8, 4) is 0 Å². The molecule has 0 aliphatic heterocycles. The first-order valence-electron chi connectivity index (χ1n) is 11.2. The molecule has 2 heterocycles. The van der Waals surface area contributed by atoms with Gasteiger partial charge in [0.15, 0.2) is 0 Å². The Hall–Kier alpha value is -3.52. The largest absolute Gasteiger partial charge is 0.351 e. The predicted molar refractivity (Wildman–Crippen MR) is 129 cm³/mol. The lowest BCUT2D eigenvalue weighted by molar-refractivity contribution is -0.127. The van der Waals surface area contributed by atoms with Crippen molar-refractivity contribution >= 4 is 39.9 Å². The van der Waals surface area contributed by atoms with Gasteiger partial charge in [0, 0.05) is 16.6 Å². The number of amides is 2. The quantitative estimate of drug-likeness (QED) is 0.446. The summed E-state index contributed by atoms with van der Waals surface area (Å²) in [4.78, 5) is 29.8. The Kier molecular flexibility index (Phi) is 6.17. The molecule has 2 aromatic carbocycles. The molecule has 1 aliphatic rings. The molecule has 33 heavy (non-hydrogen) atoms. The van der Waals surface area contributed by atoms with Crippen LogP contribution in [0.25, 0.3) is 11.0 Å². The van der Waals surface area contributed by atoms with E-state index in [9.17, 15) is 9.59 Å². The van der Waals surface area contributed by atoms with Crippen LogP contribution < -0.4 is 10.2 Å². The number of para-hydroxylation sites is 2. The van der Waals surface area contributed by atoms with E-state index >= 15 is 0 Å².